The van der Waals surface area contributed by atoms with Crippen molar-refractivity contribution in [3.63, 3.8) is 0 Å². The van der Waals surface area contributed by atoms with Crippen LogP contribution in [0.1, 0.15) is 49.9 Å². The van der Waals surface area contributed by atoms with E-state index in [0.29, 0.717) is 0 Å². The quantitative estimate of drug-likeness (QED) is 0.182. The molecule has 11 rings (SSSR count). The van der Waals surface area contributed by atoms with Gasteiger partial charge in [-0.1, -0.05) is 125 Å². The van der Waals surface area contributed by atoms with Crippen LogP contribution in [-0.4, -0.2) is 0 Å². The smallest absolute Gasteiger partial charge is 0.137 e. The average molecular weight is 700 g/mol. The van der Waals surface area contributed by atoms with Crippen molar-refractivity contribution in [1.82, 2.24) is 0 Å². The van der Waals surface area contributed by atoms with Crippen LogP contribution in [0, 0.1) is 0 Å². The van der Waals surface area contributed by atoms with Gasteiger partial charge in [-0.3, -0.25) is 0 Å². The second kappa shape index (κ2) is 10.8. The third-order valence-corrected chi connectivity index (χ3v) is 13.2. The molecule has 0 unspecified atom stereocenters. The first-order valence-corrected chi connectivity index (χ1v) is 19.3. The summed E-state index contributed by atoms with van der Waals surface area (Å²) in [5, 5.41) is 3.65. The zero-order chi connectivity index (χ0) is 35.6. The van der Waals surface area contributed by atoms with Crippen molar-refractivity contribution in [3.8, 4) is 32.7 Å². The van der Waals surface area contributed by atoms with Crippen molar-refractivity contribution in [3.05, 3.63) is 174 Å². The summed E-state index contributed by atoms with van der Waals surface area (Å²) < 4.78 is 7.79. The fraction of sp³-hybridized carbons (Fsp3) is 0.120. The summed E-state index contributed by atoms with van der Waals surface area (Å²) in [7, 11) is 0. The topological polar surface area (TPSA) is 16.4 Å². The Morgan fingerprint density at radius 3 is 1.96 bits per heavy atom. The lowest BCUT2D eigenvalue weighted by Gasteiger charge is -2.28. The molecule has 0 amide bonds. The Balaban J connectivity index is 1.06. The number of nitrogens with zero attached hydrogens (tertiary/aromatic N) is 1. The summed E-state index contributed by atoms with van der Waals surface area (Å²) in [6, 6.07) is 55.8. The normalized spacial score (nSPS) is 14.7. The number of hydrogen-bond acceptors (Lipinski definition) is 3. The molecule has 2 heterocycles. The van der Waals surface area contributed by atoms with Gasteiger partial charge in [0, 0.05) is 54.3 Å². The Labute approximate surface area is 313 Å². The molecule has 0 spiro atoms. The highest BCUT2D eigenvalue weighted by Gasteiger charge is 2.40. The molecule has 0 fully saturated rings. The molecule has 2 aliphatic carbocycles. The number of benzene rings is 7. The zero-order valence-corrected chi connectivity index (χ0v) is 31.0. The van der Waals surface area contributed by atoms with E-state index in [0.717, 1.165) is 39.0 Å². The van der Waals surface area contributed by atoms with Crippen molar-refractivity contribution in [2.24, 2.45) is 0 Å². The first-order chi connectivity index (χ1) is 25.8. The average Bonchev–Trinajstić information content (AvgIpc) is 3.88. The van der Waals surface area contributed by atoms with Gasteiger partial charge in [0.05, 0.1) is 0 Å². The maximum Gasteiger partial charge on any atom is 0.137 e. The summed E-state index contributed by atoms with van der Waals surface area (Å²) in [6.07, 6.45) is 0. The fourth-order valence-corrected chi connectivity index (χ4v) is 11.0. The molecule has 0 N–H and O–H groups in total. The first-order valence-electron chi connectivity index (χ1n) is 18.5. The van der Waals surface area contributed by atoms with Crippen LogP contribution in [0.25, 0.3) is 64.7 Å². The monoisotopic (exact) mass is 699 g/mol. The Kier molecular flexibility index (Phi) is 6.27. The summed E-state index contributed by atoms with van der Waals surface area (Å²) in [6.45, 7) is 9.50. The highest BCUT2D eigenvalue weighted by molar-refractivity contribution is 7.22. The minimum absolute atomic E-state index is 0.103. The number of para-hydroxylation sites is 1. The second-order valence-corrected chi connectivity index (χ2v) is 16.8. The summed E-state index contributed by atoms with van der Waals surface area (Å²) in [5.41, 5.74) is 17.1. The van der Waals surface area contributed by atoms with E-state index >= 15 is 0 Å². The van der Waals surface area contributed by atoms with E-state index in [4.69, 9.17) is 4.42 Å². The van der Waals surface area contributed by atoms with Crippen LogP contribution in [0.4, 0.5) is 17.1 Å². The number of hydrogen-bond donors (Lipinski definition) is 0. The Bertz CT molecular complexity index is 2960. The molecule has 2 nitrogen and oxygen atoms in total. The van der Waals surface area contributed by atoms with Gasteiger partial charge in [-0.2, -0.15) is 0 Å². The molecule has 0 aliphatic heterocycles. The fourth-order valence-electron chi connectivity index (χ4n) is 9.56. The Morgan fingerprint density at radius 1 is 0.453 bits per heavy atom. The van der Waals surface area contributed by atoms with Gasteiger partial charge in [-0.25, -0.2) is 0 Å². The lowest BCUT2D eigenvalue weighted by molar-refractivity contribution is 0.660. The molecule has 0 saturated carbocycles. The molecule has 9 aromatic rings. The van der Waals surface area contributed by atoms with Crippen LogP contribution in [0.3, 0.4) is 0 Å². The number of rotatable bonds is 4. The molecule has 0 atom stereocenters. The molecule has 254 valence electrons. The van der Waals surface area contributed by atoms with Gasteiger partial charge >= 0.3 is 0 Å². The van der Waals surface area contributed by atoms with E-state index < -0.39 is 0 Å². The van der Waals surface area contributed by atoms with Gasteiger partial charge in [0.1, 0.15) is 11.2 Å². The lowest BCUT2D eigenvalue weighted by Crippen LogP contribution is -2.17. The third kappa shape index (κ3) is 4.26. The van der Waals surface area contributed by atoms with E-state index in [1.165, 1.54) is 65.0 Å². The molecule has 2 aromatic heterocycles. The Morgan fingerprint density at radius 2 is 1.09 bits per heavy atom. The van der Waals surface area contributed by atoms with E-state index in [-0.39, 0.29) is 10.8 Å². The van der Waals surface area contributed by atoms with Crippen molar-refractivity contribution in [2.75, 3.05) is 4.90 Å². The molecule has 3 heteroatoms. The molecule has 7 aromatic carbocycles. The van der Waals surface area contributed by atoms with Crippen LogP contribution in [0.15, 0.2) is 156 Å². The predicted octanol–water partition coefficient (Wildman–Crippen LogP) is 14.6. The van der Waals surface area contributed by atoms with E-state index in [1.54, 1.807) is 0 Å². The number of fused-ring (bicyclic) bond motifs is 11. The van der Waals surface area contributed by atoms with Gasteiger partial charge in [0.25, 0.3) is 0 Å². The van der Waals surface area contributed by atoms with Crippen LogP contribution >= 0.6 is 11.3 Å². The van der Waals surface area contributed by atoms with Gasteiger partial charge < -0.3 is 9.32 Å². The highest BCUT2D eigenvalue weighted by Crippen LogP contribution is 2.58. The van der Waals surface area contributed by atoms with Crippen LogP contribution < -0.4 is 4.90 Å². The minimum atomic E-state index is -0.109. The number of anilines is 3. The molecule has 0 radical (unpaired) electrons. The standard InChI is InChI=1S/C50H37NOS/c1-49(2)41-17-8-5-12-35(41)36-26-24-32(28-42(36)49)51(33-25-27-38-37-13-6-9-18-43(37)52-44(38)29-33)31-22-20-30(21-23-31)34-15-11-16-40-46(34)50(3,4)47-39-14-7-10-19-45(39)53-48(40)47/h5-29H,1-4H3. The van der Waals surface area contributed by atoms with Gasteiger partial charge in [0.15, 0.2) is 0 Å². The summed E-state index contributed by atoms with van der Waals surface area (Å²) >= 11 is 1.93. The van der Waals surface area contributed by atoms with Crippen molar-refractivity contribution in [2.45, 2.75) is 38.5 Å². The van der Waals surface area contributed by atoms with Gasteiger partial charge in [-0.05, 0) is 104 Å². The largest absolute Gasteiger partial charge is 0.456 e. The van der Waals surface area contributed by atoms with Gasteiger partial charge in [0.2, 0.25) is 0 Å². The first kappa shape index (κ1) is 30.7. The van der Waals surface area contributed by atoms with Crippen LogP contribution in [-0.2, 0) is 10.8 Å². The molecule has 0 saturated heterocycles. The van der Waals surface area contributed by atoms with Crippen molar-refractivity contribution in [1.29, 1.82) is 0 Å². The summed E-state index contributed by atoms with van der Waals surface area (Å²) in [5.74, 6) is 0. The maximum absolute atomic E-state index is 6.42. The van der Waals surface area contributed by atoms with Crippen molar-refractivity contribution < 1.29 is 4.42 Å². The highest BCUT2D eigenvalue weighted by atomic mass is 32.1. The SMILES string of the molecule is CC1(C)c2ccccc2-c2ccc(N(c3ccc(-c4cccc5c4C(C)(C)c4c-5sc5ccccc45)cc3)c3ccc4c(c3)oc3ccccc34)cc21. The summed E-state index contributed by atoms with van der Waals surface area (Å²) in [4.78, 5) is 3.80. The van der Waals surface area contributed by atoms with Crippen LogP contribution in [0.5, 0.6) is 0 Å². The number of thiophene rings is 1. The van der Waals surface area contributed by atoms with E-state index in [1.807, 2.05) is 17.4 Å². The number of furan rings is 1. The second-order valence-electron chi connectivity index (χ2n) is 15.7. The molecular weight excluding hydrogens is 663 g/mol. The minimum Gasteiger partial charge on any atom is -0.456 e. The van der Waals surface area contributed by atoms with Gasteiger partial charge in [-0.15, -0.1) is 11.3 Å². The van der Waals surface area contributed by atoms with E-state index in [9.17, 15) is 0 Å². The zero-order valence-electron chi connectivity index (χ0n) is 30.2. The van der Waals surface area contributed by atoms with Crippen molar-refractivity contribution >= 4 is 60.4 Å². The Hall–Kier alpha value is -5.90. The maximum atomic E-state index is 6.42. The third-order valence-electron chi connectivity index (χ3n) is 12.0. The molecule has 53 heavy (non-hydrogen) atoms. The molecule has 0 bridgehead atoms. The molecule has 2 aliphatic rings. The van der Waals surface area contributed by atoms with E-state index in [2.05, 4.69) is 178 Å². The predicted molar refractivity (Wildman–Crippen MR) is 224 cm³/mol. The van der Waals surface area contributed by atoms with Crippen LogP contribution in [0.2, 0.25) is 0 Å². The lowest BCUT2D eigenvalue weighted by atomic mass is 9.78. The molecular formula is C50H37NOS.